The number of nitrogens with zero attached hydrogens (tertiary/aromatic N) is 1. The zero-order valence-corrected chi connectivity index (χ0v) is 9.29. The van der Waals surface area contributed by atoms with Crippen LogP contribution in [0.25, 0.3) is 0 Å². The lowest BCUT2D eigenvalue weighted by Crippen LogP contribution is -2.33. The first-order valence-electron chi connectivity index (χ1n) is 4.61. The van der Waals surface area contributed by atoms with E-state index in [2.05, 4.69) is 4.72 Å². The second-order valence-electron chi connectivity index (χ2n) is 3.41. The van der Waals surface area contributed by atoms with Crippen molar-refractivity contribution < 1.29 is 8.42 Å². The van der Waals surface area contributed by atoms with Crippen molar-refractivity contribution >= 4 is 10.0 Å². The first kappa shape index (κ1) is 11.3. The maximum Gasteiger partial charge on any atom is 0.213 e. The van der Waals surface area contributed by atoms with Crippen molar-refractivity contribution in [3.63, 3.8) is 0 Å². The van der Waals surface area contributed by atoms with Crippen LogP contribution in [0, 0.1) is 0 Å². The van der Waals surface area contributed by atoms with Gasteiger partial charge in [0.15, 0.2) is 0 Å². The maximum atomic E-state index is 11.3. The summed E-state index contributed by atoms with van der Waals surface area (Å²) in [4.78, 5) is 0. The third kappa shape index (κ3) is 3.16. The molecule has 1 heterocycles. The van der Waals surface area contributed by atoms with E-state index < -0.39 is 10.0 Å². The van der Waals surface area contributed by atoms with Gasteiger partial charge < -0.3 is 4.57 Å². The normalized spacial score (nSPS) is 12.2. The van der Waals surface area contributed by atoms with Crippen LogP contribution in [0.3, 0.4) is 0 Å². The molecule has 1 aromatic heterocycles. The van der Waals surface area contributed by atoms with Gasteiger partial charge in [-0.15, -0.1) is 0 Å². The second kappa shape index (κ2) is 4.61. The molecule has 0 fully saturated rings. The van der Waals surface area contributed by atoms with Crippen LogP contribution in [-0.4, -0.2) is 24.8 Å². The molecule has 5 heteroatoms. The summed E-state index contributed by atoms with van der Waals surface area (Å²) in [5.74, 6) is 0. The molecule has 1 N–H and O–H groups in total. The smallest absolute Gasteiger partial charge is 0.213 e. The van der Waals surface area contributed by atoms with Crippen molar-refractivity contribution in [3.05, 3.63) is 24.5 Å². The predicted octanol–water partition coefficient (Wildman–Crippen LogP) is 0.816. The summed E-state index contributed by atoms with van der Waals surface area (Å²) in [6, 6.07) is 3.83. The minimum absolute atomic E-state index is 0.368. The van der Waals surface area contributed by atoms with Crippen molar-refractivity contribution in [2.45, 2.75) is 25.6 Å². The number of rotatable bonds is 5. The van der Waals surface area contributed by atoms with Crippen molar-refractivity contribution in [2.75, 3.05) is 6.54 Å². The zero-order chi connectivity index (χ0) is 10.6. The Labute approximate surface area is 85.0 Å². The first-order valence-corrected chi connectivity index (χ1v) is 6.16. The van der Waals surface area contributed by atoms with E-state index >= 15 is 0 Å². The van der Waals surface area contributed by atoms with Crippen LogP contribution < -0.4 is 4.72 Å². The fourth-order valence-corrected chi connectivity index (χ4v) is 1.71. The largest absolute Gasteiger partial charge is 0.353 e. The van der Waals surface area contributed by atoms with E-state index in [0.29, 0.717) is 13.1 Å². The Morgan fingerprint density at radius 3 is 2.36 bits per heavy atom. The maximum absolute atomic E-state index is 11.3. The van der Waals surface area contributed by atoms with Crippen LogP contribution in [0.1, 0.15) is 13.8 Å². The Morgan fingerprint density at radius 1 is 1.29 bits per heavy atom. The Bertz CT molecular complexity index is 354. The van der Waals surface area contributed by atoms with Crippen LogP contribution in [0.4, 0.5) is 0 Å². The van der Waals surface area contributed by atoms with E-state index in [1.807, 2.05) is 29.1 Å². The van der Waals surface area contributed by atoms with Gasteiger partial charge in [0.25, 0.3) is 0 Å². The van der Waals surface area contributed by atoms with E-state index in [4.69, 9.17) is 0 Å². The lowest BCUT2D eigenvalue weighted by atomic mass is 10.6. The van der Waals surface area contributed by atoms with Crippen LogP contribution in [0.15, 0.2) is 24.5 Å². The summed E-state index contributed by atoms with van der Waals surface area (Å²) in [6.07, 6.45) is 3.81. The highest BCUT2D eigenvalue weighted by atomic mass is 32.2. The molecule has 0 saturated carbocycles. The Kier molecular flexibility index (Phi) is 3.71. The van der Waals surface area contributed by atoms with Crippen LogP contribution >= 0.6 is 0 Å². The standard InChI is InChI=1S/C9H16N2O2S/c1-9(2)14(12,13)10-5-8-11-6-3-4-7-11/h3-4,6-7,9-10H,5,8H2,1-2H3. The molecule has 0 aliphatic heterocycles. The highest BCUT2D eigenvalue weighted by Crippen LogP contribution is 1.95. The molecule has 1 rings (SSSR count). The highest BCUT2D eigenvalue weighted by Gasteiger charge is 2.13. The average Bonchev–Trinajstić information content (AvgIpc) is 2.56. The molecule has 0 atom stereocenters. The molecule has 0 bridgehead atoms. The van der Waals surface area contributed by atoms with Gasteiger partial charge in [-0.05, 0) is 26.0 Å². The molecule has 0 spiro atoms. The first-order chi connectivity index (χ1) is 6.52. The molecule has 14 heavy (non-hydrogen) atoms. The molecule has 0 aromatic carbocycles. The lowest BCUT2D eigenvalue weighted by molar-refractivity contribution is 0.564. The zero-order valence-electron chi connectivity index (χ0n) is 8.47. The summed E-state index contributed by atoms with van der Waals surface area (Å²) in [7, 11) is -3.11. The molecule has 0 aliphatic carbocycles. The molecule has 0 radical (unpaired) electrons. The molecule has 4 nitrogen and oxygen atoms in total. The Hall–Kier alpha value is -0.810. The molecule has 0 saturated heterocycles. The van der Waals surface area contributed by atoms with Crippen LogP contribution in [0.5, 0.6) is 0 Å². The second-order valence-corrected chi connectivity index (χ2v) is 5.73. The highest BCUT2D eigenvalue weighted by molar-refractivity contribution is 7.90. The molecule has 1 aromatic rings. The number of nitrogens with one attached hydrogen (secondary N) is 1. The summed E-state index contributed by atoms with van der Waals surface area (Å²) in [5.41, 5.74) is 0. The van der Waals surface area contributed by atoms with Crippen molar-refractivity contribution in [1.82, 2.24) is 9.29 Å². The topological polar surface area (TPSA) is 51.1 Å². The van der Waals surface area contributed by atoms with Gasteiger partial charge in [0.05, 0.1) is 5.25 Å². The van der Waals surface area contributed by atoms with E-state index in [-0.39, 0.29) is 5.25 Å². The van der Waals surface area contributed by atoms with Gasteiger partial charge in [0, 0.05) is 25.5 Å². The Balaban J connectivity index is 2.36. The van der Waals surface area contributed by atoms with Gasteiger partial charge in [0.1, 0.15) is 0 Å². The molecule has 0 aliphatic rings. The summed E-state index contributed by atoms with van der Waals surface area (Å²) in [5, 5.41) is -0.368. The molecule has 0 unspecified atom stereocenters. The van der Waals surface area contributed by atoms with Crippen molar-refractivity contribution in [3.8, 4) is 0 Å². The summed E-state index contributed by atoms with van der Waals surface area (Å²) in [6.45, 7) is 4.43. The van der Waals surface area contributed by atoms with Crippen LogP contribution in [-0.2, 0) is 16.6 Å². The number of sulfonamides is 1. The van der Waals surface area contributed by atoms with E-state index in [0.717, 1.165) is 0 Å². The van der Waals surface area contributed by atoms with Gasteiger partial charge in [-0.25, -0.2) is 13.1 Å². The monoisotopic (exact) mass is 216 g/mol. The molecular weight excluding hydrogens is 200 g/mol. The quantitative estimate of drug-likeness (QED) is 0.792. The molecule has 0 amide bonds. The third-order valence-electron chi connectivity index (χ3n) is 1.96. The number of aromatic nitrogens is 1. The SMILES string of the molecule is CC(C)S(=O)(=O)NCCn1cccc1. The van der Waals surface area contributed by atoms with Gasteiger partial charge >= 0.3 is 0 Å². The summed E-state index contributed by atoms with van der Waals surface area (Å²) < 4.78 is 27.2. The Morgan fingerprint density at radius 2 is 1.86 bits per heavy atom. The van der Waals surface area contributed by atoms with Crippen molar-refractivity contribution in [2.24, 2.45) is 0 Å². The van der Waals surface area contributed by atoms with Gasteiger partial charge in [-0.1, -0.05) is 0 Å². The molecular formula is C9H16N2O2S. The van der Waals surface area contributed by atoms with Gasteiger partial charge in [-0.2, -0.15) is 0 Å². The minimum Gasteiger partial charge on any atom is -0.353 e. The summed E-state index contributed by atoms with van der Waals surface area (Å²) >= 11 is 0. The average molecular weight is 216 g/mol. The van der Waals surface area contributed by atoms with E-state index in [1.165, 1.54) is 0 Å². The fourth-order valence-electron chi connectivity index (χ4n) is 1.00. The number of hydrogen-bond donors (Lipinski definition) is 1. The van der Waals surface area contributed by atoms with Crippen LogP contribution in [0.2, 0.25) is 0 Å². The van der Waals surface area contributed by atoms with Crippen molar-refractivity contribution in [1.29, 1.82) is 0 Å². The fraction of sp³-hybridized carbons (Fsp3) is 0.556. The number of hydrogen-bond acceptors (Lipinski definition) is 2. The van der Waals surface area contributed by atoms with E-state index in [1.54, 1.807) is 13.8 Å². The van der Waals surface area contributed by atoms with Gasteiger partial charge in [0.2, 0.25) is 10.0 Å². The predicted molar refractivity (Wildman–Crippen MR) is 56.5 cm³/mol. The minimum atomic E-state index is -3.11. The van der Waals surface area contributed by atoms with E-state index in [9.17, 15) is 8.42 Å². The third-order valence-corrected chi connectivity index (χ3v) is 3.81. The molecule has 80 valence electrons. The van der Waals surface area contributed by atoms with Gasteiger partial charge in [-0.3, -0.25) is 0 Å². The lowest BCUT2D eigenvalue weighted by Gasteiger charge is -2.09.